The molecular weight excluding hydrogens is 314 g/mol. The maximum Gasteiger partial charge on any atom is 0.137 e. The lowest BCUT2D eigenvalue weighted by Crippen LogP contribution is -2.14. The second-order valence-electron chi connectivity index (χ2n) is 6.41. The van der Waals surface area contributed by atoms with Gasteiger partial charge in [0, 0.05) is 5.56 Å². The number of rotatable bonds is 4. The number of benzene rings is 1. The molecule has 1 nitrogen and oxygen atoms in total. The Kier molecular flexibility index (Phi) is 5.51. The van der Waals surface area contributed by atoms with Gasteiger partial charge in [0.1, 0.15) is 11.6 Å². The molecule has 108 valence electrons. The lowest BCUT2D eigenvalue weighted by molar-refractivity contribution is 0.130. The van der Waals surface area contributed by atoms with Crippen molar-refractivity contribution in [1.82, 2.24) is 0 Å². The quantitative estimate of drug-likeness (QED) is 0.748. The molecule has 0 saturated carbocycles. The Bertz CT molecular complexity index is 441. The van der Waals surface area contributed by atoms with Crippen LogP contribution in [-0.4, -0.2) is 5.11 Å². The Morgan fingerprint density at radius 1 is 1.21 bits per heavy atom. The van der Waals surface area contributed by atoms with E-state index in [0.717, 1.165) is 18.6 Å². The minimum Gasteiger partial charge on any atom is -0.388 e. The highest BCUT2D eigenvalue weighted by atomic mass is 79.9. The Balaban J connectivity index is 2.78. The first-order valence-corrected chi connectivity index (χ1v) is 7.22. The van der Waals surface area contributed by atoms with Crippen LogP contribution >= 0.6 is 15.9 Å². The standard InChI is InChI=1S/C15H21BrF2O/c1-9(8-15(2,3)4)5-14(19)10-6-13(18)11(16)7-12(10)17/h6-7,9,14,19H,5,8H2,1-4H3. The van der Waals surface area contributed by atoms with Gasteiger partial charge in [-0.25, -0.2) is 8.78 Å². The molecule has 1 N–H and O–H groups in total. The number of aliphatic hydroxyl groups excluding tert-OH is 1. The highest BCUT2D eigenvalue weighted by Crippen LogP contribution is 2.32. The van der Waals surface area contributed by atoms with Gasteiger partial charge in [0.2, 0.25) is 0 Å². The zero-order valence-corrected chi connectivity index (χ0v) is 13.4. The smallest absolute Gasteiger partial charge is 0.137 e. The third-order valence-electron chi connectivity index (χ3n) is 2.99. The molecule has 4 heteroatoms. The monoisotopic (exact) mass is 334 g/mol. The topological polar surface area (TPSA) is 20.2 Å². The van der Waals surface area contributed by atoms with Crippen LogP contribution < -0.4 is 0 Å². The molecule has 0 saturated heterocycles. The van der Waals surface area contributed by atoms with E-state index in [4.69, 9.17) is 0 Å². The maximum atomic E-state index is 13.7. The fourth-order valence-electron chi connectivity index (χ4n) is 2.43. The van der Waals surface area contributed by atoms with Crippen molar-refractivity contribution in [3.63, 3.8) is 0 Å². The van der Waals surface area contributed by atoms with Gasteiger partial charge in [0.05, 0.1) is 10.6 Å². The van der Waals surface area contributed by atoms with Gasteiger partial charge in [0.25, 0.3) is 0 Å². The van der Waals surface area contributed by atoms with Gasteiger partial charge < -0.3 is 5.11 Å². The molecular formula is C15H21BrF2O. The second-order valence-corrected chi connectivity index (χ2v) is 7.26. The van der Waals surface area contributed by atoms with E-state index in [1.807, 2.05) is 6.92 Å². The summed E-state index contributed by atoms with van der Waals surface area (Å²) in [6.07, 6.45) is 0.375. The molecule has 0 aliphatic heterocycles. The van der Waals surface area contributed by atoms with Crippen molar-refractivity contribution >= 4 is 15.9 Å². The molecule has 1 aromatic rings. The summed E-state index contributed by atoms with van der Waals surface area (Å²) >= 11 is 2.92. The van der Waals surface area contributed by atoms with Crippen LogP contribution in [0.1, 0.15) is 52.2 Å². The van der Waals surface area contributed by atoms with E-state index in [1.165, 1.54) is 0 Å². The molecule has 0 bridgehead atoms. The largest absolute Gasteiger partial charge is 0.388 e. The van der Waals surface area contributed by atoms with Crippen molar-refractivity contribution in [1.29, 1.82) is 0 Å². The summed E-state index contributed by atoms with van der Waals surface area (Å²) in [5.74, 6) is -0.899. The third kappa shape index (κ3) is 5.19. The molecule has 0 heterocycles. The Morgan fingerprint density at radius 2 is 1.79 bits per heavy atom. The van der Waals surface area contributed by atoms with Crippen molar-refractivity contribution in [3.05, 3.63) is 33.8 Å². The van der Waals surface area contributed by atoms with Gasteiger partial charge in [-0.2, -0.15) is 0 Å². The minimum atomic E-state index is -0.972. The summed E-state index contributed by atoms with van der Waals surface area (Å²) in [5, 5.41) is 10.1. The predicted octanol–water partition coefficient (Wildman–Crippen LogP) is 5.22. The van der Waals surface area contributed by atoms with E-state index < -0.39 is 17.7 Å². The van der Waals surface area contributed by atoms with Crippen LogP contribution in [0.15, 0.2) is 16.6 Å². The Hall–Kier alpha value is -0.480. The molecule has 0 radical (unpaired) electrons. The first-order chi connectivity index (χ1) is 8.60. The molecule has 0 fully saturated rings. The summed E-state index contributed by atoms with van der Waals surface area (Å²) in [5.41, 5.74) is 0.185. The normalized spacial score (nSPS) is 15.4. The van der Waals surface area contributed by atoms with Crippen LogP contribution in [0.3, 0.4) is 0 Å². The van der Waals surface area contributed by atoms with Gasteiger partial charge in [-0.1, -0.05) is 27.7 Å². The fourth-order valence-corrected chi connectivity index (χ4v) is 2.75. The van der Waals surface area contributed by atoms with Gasteiger partial charge in [-0.05, 0) is 52.2 Å². The van der Waals surface area contributed by atoms with Crippen molar-refractivity contribution in [2.45, 2.75) is 46.6 Å². The van der Waals surface area contributed by atoms with Gasteiger partial charge in [0.15, 0.2) is 0 Å². The lowest BCUT2D eigenvalue weighted by Gasteiger charge is -2.25. The predicted molar refractivity (Wildman–Crippen MR) is 76.9 cm³/mol. The van der Waals surface area contributed by atoms with Crippen molar-refractivity contribution < 1.29 is 13.9 Å². The first-order valence-electron chi connectivity index (χ1n) is 6.42. The summed E-state index contributed by atoms with van der Waals surface area (Å²) < 4.78 is 27.2. The zero-order chi connectivity index (χ0) is 14.8. The van der Waals surface area contributed by atoms with Crippen LogP contribution in [-0.2, 0) is 0 Å². The number of aliphatic hydroxyl groups is 1. The highest BCUT2D eigenvalue weighted by Gasteiger charge is 2.21. The van der Waals surface area contributed by atoms with E-state index >= 15 is 0 Å². The van der Waals surface area contributed by atoms with Crippen LogP contribution in [0, 0.1) is 23.0 Å². The average Bonchev–Trinajstić information content (AvgIpc) is 2.20. The van der Waals surface area contributed by atoms with Crippen molar-refractivity contribution in [2.24, 2.45) is 11.3 Å². The van der Waals surface area contributed by atoms with Crippen LogP contribution in [0.25, 0.3) is 0 Å². The molecule has 1 rings (SSSR count). The fraction of sp³-hybridized carbons (Fsp3) is 0.600. The highest BCUT2D eigenvalue weighted by molar-refractivity contribution is 9.10. The molecule has 2 atom stereocenters. The van der Waals surface area contributed by atoms with Crippen LogP contribution in [0.5, 0.6) is 0 Å². The number of hydrogen-bond donors (Lipinski definition) is 1. The second kappa shape index (κ2) is 6.31. The SMILES string of the molecule is CC(CC(O)c1cc(F)c(Br)cc1F)CC(C)(C)C. The molecule has 0 amide bonds. The molecule has 0 aliphatic rings. The van der Waals surface area contributed by atoms with Crippen molar-refractivity contribution in [3.8, 4) is 0 Å². The summed E-state index contributed by atoms with van der Waals surface area (Å²) in [6, 6.07) is 2.12. The molecule has 0 aliphatic carbocycles. The van der Waals surface area contributed by atoms with E-state index in [-0.39, 0.29) is 21.4 Å². The van der Waals surface area contributed by atoms with E-state index in [1.54, 1.807) is 0 Å². The van der Waals surface area contributed by atoms with Crippen LogP contribution in [0.2, 0.25) is 0 Å². The molecule has 19 heavy (non-hydrogen) atoms. The average molecular weight is 335 g/mol. The number of hydrogen-bond acceptors (Lipinski definition) is 1. The van der Waals surface area contributed by atoms with Gasteiger partial charge in [-0.15, -0.1) is 0 Å². The summed E-state index contributed by atoms with van der Waals surface area (Å²) in [7, 11) is 0. The van der Waals surface area contributed by atoms with Crippen LogP contribution in [0.4, 0.5) is 8.78 Å². The lowest BCUT2D eigenvalue weighted by atomic mass is 9.82. The molecule has 0 aromatic heterocycles. The minimum absolute atomic E-state index is 0.0291. The molecule has 0 spiro atoms. The summed E-state index contributed by atoms with van der Waals surface area (Å²) in [4.78, 5) is 0. The van der Waals surface area contributed by atoms with E-state index in [2.05, 4.69) is 36.7 Å². The van der Waals surface area contributed by atoms with Crippen molar-refractivity contribution in [2.75, 3.05) is 0 Å². The summed E-state index contributed by atoms with van der Waals surface area (Å²) in [6.45, 7) is 8.38. The third-order valence-corrected chi connectivity index (χ3v) is 3.59. The van der Waals surface area contributed by atoms with Gasteiger partial charge in [-0.3, -0.25) is 0 Å². The Labute approximate surface area is 122 Å². The number of halogens is 3. The first kappa shape index (κ1) is 16.6. The molecule has 2 unspecified atom stereocenters. The molecule has 1 aromatic carbocycles. The van der Waals surface area contributed by atoms with Gasteiger partial charge >= 0.3 is 0 Å². The van der Waals surface area contributed by atoms with E-state index in [9.17, 15) is 13.9 Å². The van der Waals surface area contributed by atoms with E-state index in [0.29, 0.717) is 6.42 Å². The zero-order valence-electron chi connectivity index (χ0n) is 11.8. The Morgan fingerprint density at radius 3 is 2.32 bits per heavy atom. The maximum absolute atomic E-state index is 13.7.